The van der Waals surface area contributed by atoms with E-state index in [-0.39, 0.29) is 42.8 Å². The van der Waals surface area contributed by atoms with Crippen molar-refractivity contribution in [3.63, 3.8) is 0 Å². The Morgan fingerprint density at radius 2 is 1.31 bits per heavy atom. The van der Waals surface area contributed by atoms with Crippen LogP contribution in [0.15, 0.2) is 60.9 Å². The van der Waals surface area contributed by atoms with Crippen molar-refractivity contribution in [1.82, 2.24) is 19.5 Å². The van der Waals surface area contributed by atoms with Crippen molar-refractivity contribution >= 4 is 29.6 Å². The lowest BCUT2D eigenvalue weighted by molar-refractivity contribution is -0.397. The molecule has 2 aromatic carbocycles. The average molecular weight is 477 g/mol. The lowest BCUT2D eigenvalue weighted by atomic mass is 10.1. The fraction of sp³-hybridized carbons (Fsp3) is 0.174. The summed E-state index contributed by atoms with van der Waals surface area (Å²) in [7, 11) is 0. The quantitative estimate of drug-likeness (QED) is 0.286. The Bertz CT molecular complexity index is 1230. The van der Waals surface area contributed by atoms with Gasteiger partial charge in [0.25, 0.3) is 23.6 Å². The van der Waals surface area contributed by atoms with Crippen LogP contribution in [0.3, 0.4) is 0 Å². The van der Waals surface area contributed by atoms with Gasteiger partial charge in [0.2, 0.25) is 0 Å². The Morgan fingerprint density at radius 3 is 1.80 bits per heavy atom. The number of carbonyl (C=O) groups excluding carboxylic acids is 4. The molecule has 0 radical (unpaired) electrons. The Labute approximate surface area is 198 Å². The monoisotopic (exact) mass is 477 g/mol. The third-order valence-corrected chi connectivity index (χ3v) is 5.53. The topological polar surface area (TPSA) is 145 Å². The van der Waals surface area contributed by atoms with Crippen LogP contribution in [0, 0.1) is 10.1 Å². The van der Waals surface area contributed by atoms with Gasteiger partial charge in [-0.3, -0.25) is 28.9 Å². The van der Waals surface area contributed by atoms with E-state index >= 15 is 0 Å². The van der Waals surface area contributed by atoms with E-state index in [0.29, 0.717) is 5.06 Å². The normalized spacial score (nSPS) is 15.2. The first-order valence-electron chi connectivity index (χ1n) is 10.1. The minimum absolute atomic E-state index is 0. The molecule has 1 unspecified atom stereocenters. The molecule has 35 heavy (non-hydrogen) atoms. The molecule has 12 nitrogen and oxygen atoms in total. The van der Waals surface area contributed by atoms with Crippen LogP contribution < -0.4 is 0 Å². The summed E-state index contributed by atoms with van der Waals surface area (Å²) in [6, 6.07) is 12.4. The lowest BCUT2D eigenvalue weighted by Gasteiger charge is -2.25. The number of hydrogen-bond donors (Lipinski definition) is 0. The van der Waals surface area contributed by atoms with Crippen molar-refractivity contribution in [3.8, 4) is 0 Å². The molecule has 3 aromatic rings. The molecule has 4 amide bonds. The number of aromatic nitrogens is 2. The smallest absolute Gasteiger partial charge is 0.390 e. The standard InChI is InChI=1S/C22H15N5O7.CH4/c28-18-14-5-1-2-6-15(14)19(29)25(18)12-13(11-24-10-9-23-22(24)27(32)33)34-26-20(30)16-7-3-4-8-17(16)21(26)31;/h1-10,13H,11-12H2;1H4. The number of rotatable bonds is 7. The van der Waals surface area contributed by atoms with Gasteiger partial charge >= 0.3 is 5.95 Å². The zero-order valence-corrected chi connectivity index (χ0v) is 17.4. The van der Waals surface area contributed by atoms with Gasteiger partial charge in [-0.2, -0.15) is 0 Å². The fourth-order valence-corrected chi connectivity index (χ4v) is 3.98. The Morgan fingerprint density at radius 1 is 0.829 bits per heavy atom. The van der Waals surface area contributed by atoms with Crippen molar-refractivity contribution in [2.45, 2.75) is 20.1 Å². The second kappa shape index (κ2) is 8.91. The van der Waals surface area contributed by atoms with E-state index in [1.165, 1.54) is 36.7 Å². The largest absolute Gasteiger partial charge is 0.434 e. The maximum atomic E-state index is 12.8. The number of nitro groups is 1. The molecule has 0 N–H and O–H groups in total. The second-order valence-corrected chi connectivity index (χ2v) is 7.58. The third kappa shape index (κ3) is 3.85. The number of imide groups is 2. The summed E-state index contributed by atoms with van der Waals surface area (Å²) in [6.07, 6.45) is 1.34. The highest BCUT2D eigenvalue weighted by molar-refractivity contribution is 6.21. The Balaban J connectivity index is 0.00000289. The van der Waals surface area contributed by atoms with E-state index in [2.05, 4.69) is 4.98 Å². The lowest BCUT2D eigenvalue weighted by Crippen LogP contribution is -2.44. The van der Waals surface area contributed by atoms with Crippen LogP contribution in [0.2, 0.25) is 0 Å². The molecule has 0 saturated carbocycles. The number of imidazole rings is 1. The maximum absolute atomic E-state index is 12.8. The van der Waals surface area contributed by atoms with Crippen LogP contribution in [0.5, 0.6) is 0 Å². The first kappa shape index (κ1) is 23.4. The van der Waals surface area contributed by atoms with Crippen LogP contribution in [0.4, 0.5) is 5.95 Å². The molecule has 0 saturated heterocycles. The number of fused-ring (bicyclic) bond motifs is 2. The molecule has 12 heteroatoms. The molecule has 0 fully saturated rings. The average Bonchev–Trinajstić information content (AvgIpc) is 3.47. The minimum atomic E-state index is -1.18. The summed E-state index contributed by atoms with van der Waals surface area (Å²) in [5.41, 5.74) is 0.697. The van der Waals surface area contributed by atoms with Crippen LogP contribution >= 0.6 is 0 Å². The number of nitrogens with zero attached hydrogens (tertiary/aromatic N) is 5. The summed E-state index contributed by atoms with van der Waals surface area (Å²) in [6.45, 7) is -0.633. The summed E-state index contributed by atoms with van der Waals surface area (Å²) in [5, 5.41) is 11.9. The predicted molar refractivity (Wildman–Crippen MR) is 119 cm³/mol. The SMILES string of the molecule is C.O=C1c2ccccc2C(=O)N1CC(Cn1ccnc1[N+](=O)[O-])ON1C(=O)c2ccccc2C1=O. The Kier molecular flexibility index (Phi) is 5.97. The van der Waals surface area contributed by atoms with Crippen LogP contribution in [-0.2, 0) is 11.4 Å². The number of benzene rings is 2. The molecule has 178 valence electrons. The zero-order chi connectivity index (χ0) is 24.0. The second-order valence-electron chi connectivity index (χ2n) is 7.58. The molecule has 0 aliphatic carbocycles. The van der Waals surface area contributed by atoms with E-state index in [1.807, 2.05) is 0 Å². The summed E-state index contributed by atoms with van der Waals surface area (Å²) in [4.78, 5) is 72.1. The number of hydrogen-bond acceptors (Lipinski definition) is 8. The van der Waals surface area contributed by atoms with Gasteiger partial charge in [-0.25, -0.2) is 4.57 Å². The molecule has 2 aliphatic heterocycles. The zero-order valence-electron chi connectivity index (χ0n) is 17.4. The van der Waals surface area contributed by atoms with E-state index in [0.717, 1.165) is 9.47 Å². The molecule has 2 aliphatic rings. The summed E-state index contributed by atoms with van der Waals surface area (Å²) >= 11 is 0. The van der Waals surface area contributed by atoms with Gasteiger partial charge in [0.05, 0.1) is 28.8 Å². The highest BCUT2D eigenvalue weighted by Gasteiger charge is 2.41. The predicted octanol–water partition coefficient (Wildman–Crippen LogP) is 2.32. The Hall–Kier alpha value is -4.71. The van der Waals surface area contributed by atoms with Crippen molar-refractivity contribution in [1.29, 1.82) is 0 Å². The van der Waals surface area contributed by atoms with Gasteiger partial charge in [-0.1, -0.05) is 36.7 Å². The van der Waals surface area contributed by atoms with E-state index in [1.54, 1.807) is 24.3 Å². The first-order chi connectivity index (χ1) is 16.4. The molecule has 1 atom stereocenters. The van der Waals surface area contributed by atoms with Crippen LogP contribution in [0.25, 0.3) is 0 Å². The van der Waals surface area contributed by atoms with E-state index in [9.17, 15) is 29.3 Å². The van der Waals surface area contributed by atoms with E-state index < -0.39 is 40.6 Å². The maximum Gasteiger partial charge on any atom is 0.434 e. The molecule has 0 bridgehead atoms. The van der Waals surface area contributed by atoms with Gasteiger partial charge in [-0.05, 0) is 29.2 Å². The number of hydroxylamine groups is 2. The van der Waals surface area contributed by atoms with Gasteiger partial charge in [0, 0.05) is 0 Å². The first-order valence-corrected chi connectivity index (χ1v) is 10.1. The molecule has 0 spiro atoms. The van der Waals surface area contributed by atoms with Gasteiger partial charge < -0.3 is 10.1 Å². The van der Waals surface area contributed by atoms with Gasteiger partial charge in [0.15, 0.2) is 0 Å². The van der Waals surface area contributed by atoms with E-state index in [4.69, 9.17) is 4.84 Å². The molecule has 3 heterocycles. The molecule has 5 rings (SSSR count). The van der Waals surface area contributed by atoms with Crippen LogP contribution in [-0.4, -0.2) is 60.7 Å². The highest BCUT2D eigenvalue weighted by Crippen LogP contribution is 2.27. The van der Waals surface area contributed by atoms with Gasteiger partial charge in [0.1, 0.15) is 25.0 Å². The summed E-state index contributed by atoms with van der Waals surface area (Å²) < 4.78 is 1.14. The summed E-state index contributed by atoms with van der Waals surface area (Å²) in [5.74, 6) is -3.08. The molecule has 1 aromatic heterocycles. The highest BCUT2D eigenvalue weighted by atomic mass is 16.7. The van der Waals surface area contributed by atoms with Crippen molar-refractivity contribution < 1.29 is 28.9 Å². The van der Waals surface area contributed by atoms with Crippen molar-refractivity contribution in [2.24, 2.45) is 0 Å². The van der Waals surface area contributed by atoms with Crippen molar-refractivity contribution in [3.05, 3.63) is 93.3 Å². The number of amides is 4. The minimum Gasteiger partial charge on any atom is -0.390 e. The van der Waals surface area contributed by atoms with Crippen LogP contribution in [0.1, 0.15) is 48.9 Å². The third-order valence-electron chi connectivity index (χ3n) is 5.53. The number of carbonyl (C=O) groups is 4. The molecular weight excluding hydrogens is 458 g/mol. The van der Waals surface area contributed by atoms with Crippen molar-refractivity contribution in [2.75, 3.05) is 6.54 Å². The fourth-order valence-electron chi connectivity index (χ4n) is 3.98. The molecular formula is C23H19N5O7. The van der Waals surface area contributed by atoms with Gasteiger partial charge in [-0.15, -0.1) is 5.06 Å².